The lowest BCUT2D eigenvalue weighted by atomic mass is 10.1. The van der Waals surface area contributed by atoms with E-state index in [-0.39, 0.29) is 11.6 Å². The smallest absolute Gasteiger partial charge is 0.251 e. The largest absolute Gasteiger partial charge is 0.346 e. The Hall–Kier alpha value is -3.09. The molecule has 4 heterocycles. The highest BCUT2D eigenvalue weighted by molar-refractivity contribution is 5.57. The van der Waals surface area contributed by atoms with Crippen LogP contribution in [0.3, 0.4) is 0 Å². The van der Waals surface area contributed by atoms with Crippen LogP contribution in [0, 0.1) is 6.92 Å². The van der Waals surface area contributed by atoms with E-state index in [0.717, 1.165) is 36.6 Å². The van der Waals surface area contributed by atoms with Crippen molar-refractivity contribution < 1.29 is 0 Å². The Bertz CT molecular complexity index is 940. The van der Waals surface area contributed by atoms with E-state index in [1.807, 2.05) is 25.1 Å². The van der Waals surface area contributed by atoms with E-state index in [4.69, 9.17) is 4.98 Å². The van der Waals surface area contributed by atoms with Crippen LogP contribution in [0.5, 0.6) is 0 Å². The molecule has 3 aromatic heterocycles. The SMILES string of the molecule is Cc1nccc(N2CCCC2c2nc(-c3ccncc3)cc(=O)[nH]2)n1. The molecule has 1 unspecified atom stereocenters. The maximum absolute atomic E-state index is 12.2. The average molecular weight is 334 g/mol. The predicted octanol–water partition coefficient (Wildman–Crippen LogP) is 2.27. The molecule has 25 heavy (non-hydrogen) atoms. The summed E-state index contributed by atoms with van der Waals surface area (Å²) in [4.78, 5) is 34.7. The van der Waals surface area contributed by atoms with E-state index in [2.05, 4.69) is 24.8 Å². The predicted molar refractivity (Wildman–Crippen MR) is 94.2 cm³/mol. The third-order valence-corrected chi connectivity index (χ3v) is 4.36. The second-order valence-electron chi connectivity index (χ2n) is 6.07. The highest BCUT2D eigenvalue weighted by atomic mass is 16.1. The Morgan fingerprint density at radius 1 is 1.16 bits per heavy atom. The van der Waals surface area contributed by atoms with Gasteiger partial charge in [0.25, 0.3) is 5.56 Å². The van der Waals surface area contributed by atoms with Gasteiger partial charge in [0.1, 0.15) is 17.5 Å². The van der Waals surface area contributed by atoms with Crippen LogP contribution in [0.25, 0.3) is 11.3 Å². The minimum atomic E-state index is -0.150. The molecule has 126 valence electrons. The van der Waals surface area contributed by atoms with Crippen molar-refractivity contribution in [1.29, 1.82) is 0 Å². The Morgan fingerprint density at radius 3 is 2.80 bits per heavy atom. The molecule has 1 atom stereocenters. The molecular formula is C18H18N6O. The summed E-state index contributed by atoms with van der Waals surface area (Å²) in [7, 11) is 0. The van der Waals surface area contributed by atoms with Gasteiger partial charge in [-0.3, -0.25) is 9.78 Å². The van der Waals surface area contributed by atoms with Gasteiger partial charge in [-0.1, -0.05) is 0 Å². The van der Waals surface area contributed by atoms with Crippen LogP contribution in [-0.4, -0.2) is 31.5 Å². The first-order valence-corrected chi connectivity index (χ1v) is 8.29. The van der Waals surface area contributed by atoms with Crippen LogP contribution in [-0.2, 0) is 0 Å². The number of aryl methyl sites for hydroxylation is 1. The quantitative estimate of drug-likeness (QED) is 0.790. The van der Waals surface area contributed by atoms with Crippen molar-refractivity contribution in [1.82, 2.24) is 24.9 Å². The molecule has 0 aliphatic carbocycles. The second kappa shape index (κ2) is 6.43. The van der Waals surface area contributed by atoms with Crippen LogP contribution in [0.1, 0.15) is 30.5 Å². The molecule has 1 aliphatic heterocycles. The lowest BCUT2D eigenvalue weighted by Crippen LogP contribution is -2.27. The first kappa shape index (κ1) is 15.4. The molecule has 1 aliphatic rings. The number of nitrogens with one attached hydrogen (secondary N) is 1. The van der Waals surface area contributed by atoms with Gasteiger partial charge < -0.3 is 9.88 Å². The number of aromatic amines is 1. The first-order valence-electron chi connectivity index (χ1n) is 8.29. The monoisotopic (exact) mass is 334 g/mol. The van der Waals surface area contributed by atoms with Gasteiger partial charge in [0.15, 0.2) is 0 Å². The van der Waals surface area contributed by atoms with Crippen LogP contribution in [0.2, 0.25) is 0 Å². The van der Waals surface area contributed by atoms with Crippen LogP contribution >= 0.6 is 0 Å². The molecule has 7 heteroatoms. The average Bonchev–Trinajstić information content (AvgIpc) is 3.12. The highest BCUT2D eigenvalue weighted by Gasteiger charge is 2.29. The second-order valence-corrected chi connectivity index (χ2v) is 6.07. The van der Waals surface area contributed by atoms with E-state index in [9.17, 15) is 4.79 Å². The number of hydrogen-bond donors (Lipinski definition) is 1. The molecule has 0 spiro atoms. The molecule has 4 rings (SSSR count). The van der Waals surface area contributed by atoms with Gasteiger partial charge in [-0.05, 0) is 38.0 Å². The van der Waals surface area contributed by atoms with Crippen LogP contribution < -0.4 is 10.5 Å². The van der Waals surface area contributed by atoms with Gasteiger partial charge in [-0.25, -0.2) is 15.0 Å². The summed E-state index contributed by atoms with van der Waals surface area (Å²) in [6.07, 6.45) is 7.10. The van der Waals surface area contributed by atoms with Gasteiger partial charge in [0, 0.05) is 36.8 Å². The fourth-order valence-corrected chi connectivity index (χ4v) is 3.23. The molecular weight excluding hydrogens is 316 g/mol. The fourth-order valence-electron chi connectivity index (χ4n) is 3.23. The topological polar surface area (TPSA) is 87.7 Å². The molecule has 0 amide bonds. The molecule has 7 nitrogen and oxygen atoms in total. The molecule has 1 saturated heterocycles. The van der Waals surface area contributed by atoms with Crippen molar-refractivity contribution in [3.05, 3.63) is 64.9 Å². The summed E-state index contributed by atoms with van der Waals surface area (Å²) in [6, 6.07) is 7.13. The molecule has 1 N–H and O–H groups in total. The maximum Gasteiger partial charge on any atom is 0.251 e. The third kappa shape index (κ3) is 3.13. The Morgan fingerprint density at radius 2 is 2.00 bits per heavy atom. The minimum Gasteiger partial charge on any atom is -0.346 e. The standard InChI is InChI=1S/C18H18N6O/c1-12-20-9-6-16(21-12)24-10-2-3-15(24)18-22-14(11-17(25)23-18)13-4-7-19-8-5-13/h4-9,11,15H,2-3,10H2,1H3,(H,22,23,25). The molecule has 0 aromatic carbocycles. The number of H-pyrrole nitrogens is 1. The van der Waals surface area contributed by atoms with Gasteiger partial charge in [-0.15, -0.1) is 0 Å². The molecule has 0 radical (unpaired) electrons. The fraction of sp³-hybridized carbons (Fsp3) is 0.278. The van der Waals surface area contributed by atoms with E-state index in [1.165, 1.54) is 6.07 Å². The molecule has 1 fully saturated rings. The third-order valence-electron chi connectivity index (χ3n) is 4.36. The number of pyridine rings is 1. The summed E-state index contributed by atoms with van der Waals surface area (Å²) in [5.41, 5.74) is 1.39. The minimum absolute atomic E-state index is 0.00351. The van der Waals surface area contributed by atoms with Gasteiger partial charge in [0.05, 0.1) is 11.7 Å². The summed E-state index contributed by atoms with van der Waals surface area (Å²) < 4.78 is 0. The molecule has 0 saturated carbocycles. The van der Waals surface area contributed by atoms with Crippen molar-refractivity contribution in [3.8, 4) is 11.3 Å². The number of anilines is 1. The zero-order valence-electron chi connectivity index (χ0n) is 13.9. The van der Waals surface area contributed by atoms with Crippen LogP contribution in [0.4, 0.5) is 5.82 Å². The Balaban J connectivity index is 1.73. The van der Waals surface area contributed by atoms with Crippen LogP contribution in [0.15, 0.2) is 47.7 Å². The van der Waals surface area contributed by atoms with E-state index in [1.54, 1.807) is 18.6 Å². The zero-order valence-corrected chi connectivity index (χ0v) is 13.9. The van der Waals surface area contributed by atoms with E-state index < -0.39 is 0 Å². The van der Waals surface area contributed by atoms with E-state index in [0.29, 0.717) is 11.5 Å². The highest BCUT2D eigenvalue weighted by Crippen LogP contribution is 2.33. The number of hydrogen-bond acceptors (Lipinski definition) is 6. The molecule has 3 aromatic rings. The van der Waals surface area contributed by atoms with E-state index >= 15 is 0 Å². The van der Waals surface area contributed by atoms with Gasteiger partial charge in [-0.2, -0.15) is 0 Å². The normalized spacial score (nSPS) is 17.0. The Labute approximate surface area is 144 Å². The zero-order chi connectivity index (χ0) is 17.2. The summed E-state index contributed by atoms with van der Waals surface area (Å²) in [5.74, 6) is 2.27. The number of nitrogens with zero attached hydrogens (tertiary/aromatic N) is 5. The number of aromatic nitrogens is 5. The lowest BCUT2D eigenvalue weighted by molar-refractivity contribution is 0.656. The maximum atomic E-state index is 12.2. The molecule has 0 bridgehead atoms. The van der Waals surface area contributed by atoms with Crippen molar-refractivity contribution in [3.63, 3.8) is 0 Å². The van der Waals surface area contributed by atoms with Crippen molar-refractivity contribution in [2.75, 3.05) is 11.4 Å². The lowest BCUT2D eigenvalue weighted by Gasteiger charge is -2.25. The number of rotatable bonds is 3. The van der Waals surface area contributed by atoms with Crippen molar-refractivity contribution >= 4 is 5.82 Å². The Kier molecular flexibility index (Phi) is 3.97. The van der Waals surface area contributed by atoms with Crippen molar-refractivity contribution in [2.24, 2.45) is 0 Å². The summed E-state index contributed by atoms with van der Waals surface area (Å²) in [5, 5.41) is 0. The summed E-state index contributed by atoms with van der Waals surface area (Å²) >= 11 is 0. The van der Waals surface area contributed by atoms with Gasteiger partial charge >= 0.3 is 0 Å². The van der Waals surface area contributed by atoms with Crippen molar-refractivity contribution in [2.45, 2.75) is 25.8 Å². The summed E-state index contributed by atoms with van der Waals surface area (Å²) in [6.45, 7) is 2.75. The first-order chi connectivity index (χ1) is 12.2. The van der Waals surface area contributed by atoms with Gasteiger partial charge in [0.2, 0.25) is 0 Å².